The summed E-state index contributed by atoms with van der Waals surface area (Å²) in [7, 11) is 0. The lowest BCUT2D eigenvalue weighted by atomic mass is 10.1. The van der Waals surface area contributed by atoms with Crippen molar-refractivity contribution in [3.05, 3.63) is 95.6 Å². The summed E-state index contributed by atoms with van der Waals surface area (Å²) in [6.07, 6.45) is 0.245. The maximum absolute atomic E-state index is 12.5. The number of nitrogens with one attached hydrogen (secondary N) is 3. The zero-order valence-corrected chi connectivity index (χ0v) is 16.8. The van der Waals surface area contributed by atoms with E-state index in [1.165, 1.54) is 0 Å². The van der Waals surface area contributed by atoms with Gasteiger partial charge in [0.1, 0.15) is 0 Å². The number of carbonyl (C=O) groups excluding carboxylic acids is 2. The van der Waals surface area contributed by atoms with Crippen LogP contribution in [0.3, 0.4) is 0 Å². The van der Waals surface area contributed by atoms with Gasteiger partial charge in [-0.25, -0.2) is 0 Å². The highest BCUT2D eigenvalue weighted by Crippen LogP contribution is 2.17. The van der Waals surface area contributed by atoms with Gasteiger partial charge < -0.3 is 16.0 Å². The average molecular weight is 404 g/mol. The first-order valence-corrected chi connectivity index (χ1v) is 9.54. The summed E-state index contributed by atoms with van der Waals surface area (Å²) in [4.78, 5) is 24.6. The third kappa shape index (κ3) is 5.99. The van der Waals surface area contributed by atoms with Gasteiger partial charge in [0.15, 0.2) is 5.11 Å². The molecule has 0 unspecified atom stereocenters. The van der Waals surface area contributed by atoms with Gasteiger partial charge in [-0.3, -0.25) is 9.59 Å². The van der Waals surface area contributed by atoms with E-state index in [1.54, 1.807) is 30.3 Å². The van der Waals surface area contributed by atoms with E-state index < -0.39 is 0 Å². The van der Waals surface area contributed by atoms with Crippen LogP contribution >= 0.6 is 12.2 Å². The number of aryl methyl sites for hydroxylation is 1. The van der Waals surface area contributed by atoms with Crippen LogP contribution in [0.25, 0.3) is 0 Å². The average Bonchev–Trinajstić information content (AvgIpc) is 2.69. The van der Waals surface area contributed by atoms with Crippen LogP contribution in [0.4, 0.5) is 11.4 Å². The van der Waals surface area contributed by atoms with Gasteiger partial charge in [0.25, 0.3) is 5.91 Å². The highest BCUT2D eigenvalue weighted by atomic mass is 32.1. The molecule has 0 heterocycles. The van der Waals surface area contributed by atoms with Crippen molar-refractivity contribution >= 4 is 40.5 Å². The van der Waals surface area contributed by atoms with Gasteiger partial charge in [0, 0.05) is 16.9 Å². The topological polar surface area (TPSA) is 70.2 Å². The lowest BCUT2D eigenvalue weighted by Gasteiger charge is -2.12. The monoisotopic (exact) mass is 403 g/mol. The summed E-state index contributed by atoms with van der Waals surface area (Å²) < 4.78 is 0. The third-order valence-corrected chi connectivity index (χ3v) is 4.43. The summed E-state index contributed by atoms with van der Waals surface area (Å²) in [5.74, 6) is -0.378. The second kappa shape index (κ2) is 9.61. The van der Waals surface area contributed by atoms with E-state index in [-0.39, 0.29) is 23.3 Å². The van der Waals surface area contributed by atoms with E-state index in [2.05, 4.69) is 16.0 Å². The molecule has 3 aromatic carbocycles. The largest absolute Gasteiger partial charge is 0.332 e. The summed E-state index contributed by atoms with van der Waals surface area (Å²) in [6, 6.07) is 24.0. The molecule has 0 aromatic heterocycles. The first kappa shape index (κ1) is 20.2. The molecule has 6 heteroatoms. The molecule has 146 valence electrons. The Morgan fingerprint density at radius 2 is 1.48 bits per heavy atom. The van der Waals surface area contributed by atoms with Gasteiger partial charge in [-0.15, -0.1) is 0 Å². The van der Waals surface area contributed by atoms with Crippen molar-refractivity contribution in [3.63, 3.8) is 0 Å². The number of anilines is 2. The maximum atomic E-state index is 12.5. The lowest BCUT2D eigenvalue weighted by molar-refractivity contribution is -0.119. The van der Waals surface area contributed by atoms with E-state index in [9.17, 15) is 9.59 Å². The minimum atomic E-state index is -0.197. The highest BCUT2D eigenvalue weighted by Gasteiger charge is 2.10. The number of thiocarbonyl (C=S) groups is 1. The predicted molar refractivity (Wildman–Crippen MR) is 120 cm³/mol. The van der Waals surface area contributed by atoms with Gasteiger partial charge in [0.05, 0.1) is 6.42 Å². The van der Waals surface area contributed by atoms with Crippen molar-refractivity contribution in [1.29, 1.82) is 0 Å². The number of hydrogen-bond donors (Lipinski definition) is 3. The first-order chi connectivity index (χ1) is 14.0. The van der Waals surface area contributed by atoms with Crippen molar-refractivity contribution in [1.82, 2.24) is 5.32 Å². The van der Waals surface area contributed by atoms with Gasteiger partial charge >= 0.3 is 0 Å². The minimum absolute atomic E-state index is 0.181. The SMILES string of the molecule is Cc1ccccc1C(=O)Nc1cccc(NC(=S)NC(=O)Cc2ccccc2)c1. The molecule has 0 aliphatic carbocycles. The lowest BCUT2D eigenvalue weighted by Crippen LogP contribution is -2.35. The molecule has 0 bridgehead atoms. The van der Waals surface area contributed by atoms with Crippen LogP contribution in [-0.2, 0) is 11.2 Å². The zero-order valence-electron chi connectivity index (χ0n) is 15.9. The number of benzene rings is 3. The van der Waals surface area contributed by atoms with Crippen LogP contribution < -0.4 is 16.0 Å². The zero-order chi connectivity index (χ0) is 20.6. The van der Waals surface area contributed by atoms with E-state index in [0.717, 1.165) is 11.1 Å². The van der Waals surface area contributed by atoms with Crippen LogP contribution in [0, 0.1) is 6.92 Å². The molecule has 3 aromatic rings. The molecule has 3 rings (SSSR count). The molecule has 0 aliphatic heterocycles. The summed E-state index contributed by atoms with van der Waals surface area (Å²) in [6.45, 7) is 1.89. The highest BCUT2D eigenvalue weighted by molar-refractivity contribution is 7.80. The van der Waals surface area contributed by atoms with E-state index in [0.29, 0.717) is 16.9 Å². The molecule has 0 fully saturated rings. The second-order valence-corrected chi connectivity index (χ2v) is 6.92. The molecule has 29 heavy (non-hydrogen) atoms. The molecule has 0 radical (unpaired) electrons. The Kier molecular flexibility index (Phi) is 6.71. The van der Waals surface area contributed by atoms with Gasteiger partial charge in [-0.2, -0.15) is 0 Å². The normalized spacial score (nSPS) is 10.1. The Hall–Kier alpha value is -3.51. The second-order valence-electron chi connectivity index (χ2n) is 6.51. The summed E-state index contributed by atoms with van der Waals surface area (Å²) >= 11 is 5.22. The van der Waals surface area contributed by atoms with Crippen LogP contribution in [-0.4, -0.2) is 16.9 Å². The molecule has 0 saturated heterocycles. The van der Waals surface area contributed by atoms with Crippen molar-refractivity contribution < 1.29 is 9.59 Å². The van der Waals surface area contributed by atoms with Crippen LogP contribution in [0.2, 0.25) is 0 Å². The fourth-order valence-corrected chi connectivity index (χ4v) is 3.05. The van der Waals surface area contributed by atoms with Gasteiger partial charge in [-0.1, -0.05) is 54.6 Å². The van der Waals surface area contributed by atoms with E-state index in [1.807, 2.05) is 55.5 Å². The molecule has 0 aliphatic rings. The molecular weight excluding hydrogens is 382 g/mol. The Balaban J connectivity index is 1.58. The molecule has 0 saturated carbocycles. The van der Waals surface area contributed by atoms with Crippen molar-refractivity contribution in [3.8, 4) is 0 Å². The third-order valence-electron chi connectivity index (χ3n) is 4.23. The maximum Gasteiger partial charge on any atom is 0.255 e. The van der Waals surface area contributed by atoms with Crippen LogP contribution in [0.1, 0.15) is 21.5 Å². The Bertz CT molecular complexity index is 1040. The molecule has 3 N–H and O–H groups in total. The van der Waals surface area contributed by atoms with Crippen LogP contribution in [0.5, 0.6) is 0 Å². The first-order valence-electron chi connectivity index (χ1n) is 9.13. The number of carbonyl (C=O) groups is 2. The fourth-order valence-electron chi connectivity index (χ4n) is 2.82. The van der Waals surface area contributed by atoms with Crippen molar-refractivity contribution in [2.45, 2.75) is 13.3 Å². The van der Waals surface area contributed by atoms with Crippen molar-refractivity contribution in [2.24, 2.45) is 0 Å². The number of rotatable bonds is 5. The molecule has 0 atom stereocenters. The number of hydrogen-bond acceptors (Lipinski definition) is 3. The quantitative estimate of drug-likeness (QED) is 0.556. The smallest absolute Gasteiger partial charge is 0.255 e. The minimum Gasteiger partial charge on any atom is -0.332 e. The fraction of sp³-hybridized carbons (Fsp3) is 0.0870. The van der Waals surface area contributed by atoms with E-state index >= 15 is 0 Å². The van der Waals surface area contributed by atoms with Crippen LogP contribution in [0.15, 0.2) is 78.9 Å². The Labute approximate surface area is 175 Å². The summed E-state index contributed by atoms with van der Waals surface area (Å²) in [5.41, 5.74) is 3.73. The molecule has 5 nitrogen and oxygen atoms in total. The summed E-state index contributed by atoms with van der Waals surface area (Å²) in [5, 5.41) is 8.71. The predicted octanol–water partition coefficient (Wildman–Crippen LogP) is 4.30. The Morgan fingerprint density at radius 1 is 0.828 bits per heavy atom. The van der Waals surface area contributed by atoms with Gasteiger partial charge in [-0.05, 0) is 54.5 Å². The standard InChI is InChI=1S/C23H21N3O2S/c1-16-8-5-6-13-20(16)22(28)24-18-11-7-12-19(15-18)25-23(29)26-21(27)14-17-9-3-2-4-10-17/h2-13,15H,14H2,1H3,(H,24,28)(H2,25,26,27,29). The molecule has 2 amide bonds. The van der Waals surface area contributed by atoms with E-state index in [4.69, 9.17) is 12.2 Å². The van der Waals surface area contributed by atoms with Gasteiger partial charge in [0.2, 0.25) is 5.91 Å². The Morgan fingerprint density at radius 3 is 2.21 bits per heavy atom. The number of amides is 2. The van der Waals surface area contributed by atoms with Crippen molar-refractivity contribution in [2.75, 3.05) is 10.6 Å². The molecular formula is C23H21N3O2S. The molecule has 0 spiro atoms.